The Kier molecular flexibility index (Phi) is 8.03. The van der Waals surface area contributed by atoms with E-state index in [-0.39, 0.29) is 35.4 Å². The van der Waals surface area contributed by atoms with Crippen molar-refractivity contribution >= 4 is 11.6 Å². The maximum Gasteiger partial charge on any atom is 0.327 e. The zero-order valence-corrected chi connectivity index (χ0v) is 18.4. The predicted octanol–water partition coefficient (Wildman–Crippen LogP) is 2.66. The molecule has 1 unspecified atom stereocenters. The summed E-state index contributed by atoms with van der Waals surface area (Å²) < 4.78 is 21.0. The molecule has 0 fully saturated rings. The van der Waals surface area contributed by atoms with Gasteiger partial charge in [0.1, 0.15) is 11.3 Å². The number of nitro groups is 1. The zero-order valence-electron chi connectivity index (χ0n) is 18.4. The van der Waals surface area contributed by atoms with Gasteiger partial charge in [-0.2, -0.15) is 0 Å². The van der Waals surface area contributed by atoms with Crippen LogP contribution in [0, 0.1) is 10.1 Å². The Bertz CT molecular complexity index is 947. The summed E-state index contributed by atoms with van der Waals surface area (Å²) in [6, 6.07) is 8.49. The lowest BCUT2D eigenvalue weighted by atomic mass is 10.0. The number of nitrogens with zero attached hydrogens (tertiary/aromatic N) is 2. The molecule has 10 heteroatoms. The summed E-state index contributed by atoms with van der Waals surface area (Å²) in [7, 11) is 9.27. The van der Waals surface area contributed by atoms with Gasteiger partial charge >= 0.3 is 5.69 Å². The Morgan fingerprint density at radius 2 is 1.65 bits per heavy atom. The first kappa shape index (κ1) is 23.7. The molecule has 0 spiro atoms. The van der Waals surface area contributed by atoms with E-state index in [4.69, 9.17) is 18.9 Å². The van der Waals surface area contributed by atoms with Gasteiger partial charge in [0.05, 0.1) is 39.4 Å². The fraction of sp³-hybridized carbons (Fsp3) is 0.381. The van der Waals surface area contributed by atoms with Crippen LogP contribution in [0.4, 0.5) is 5.69 Å². The fourth-order valence-corrected chi connectivity index (χ4v) is 3.29. The van der Waals surface area contributed by atoms with Crippen LogP contribution in [0.2, 0.25) is 0 Å². The summed E-state index contributed by atoms with van der Waals surface area (Å²) >= 11 is 0. The van der Waals surface area contributed by atoms with Gasteiger partial charge in [-0.3, -0.25) is 14.9 Å². The topological polar surface area (TPSA) is 112 Å². The van der Waals surface area contributed by atoms with Crippen molar-refractivity contribution in [3.05, 3.63) is 51.6 Å². The number of nitrogens with one attached hydrogen (secondary N) is 1. The highest BCUT2D eigenvalue weighted by Crippen LogP contribution is 2.46. The van der Waals surface area contributed by atoms with Crippen LogP contribution >= 0.6 is 0 Å². The molecule has 0 aromatic heterocycles. The molecule has 0 heterocycles. The molecule has 2 aromatic rings. The average molecular weight is 433 g/mol. The minimum absolute atomic E-state index is 0.0356. The molecule has 0 bridgehead atoms. The Hall–Kier alpha value is -3.53. The summed E-state index contributed by atoms with van der Waals surface area (Å²) in [5.41, 5.74) is 0.170. The van der Waals surface area contributed by atoms with Crippen molar-refractivity contribution in [1.82, 2.24) is 10.2 Å². The van der Waals surface area contributed by atoms with E-state index in [1.807, 2.05) is 43.3 Å². The molecule has 168 valence electrons. The zero-order chi connectivity index (χ0) is 23.1. The maximum absolute atomic E-state index is 13.0. The molecule has 1 atom stereocenters. The molecule has 0 saturated carbocycles. The number of amides is 1. The maximum atomic E-state index is 13.0. The largest absolute Gasteiger partial charge is 0.496 e. The van der Waals surface area contributed by atoms with Crippen molar-refractivity contribution in [3.8, 4) is 23.0 Å². The van der Waals surface area contributed by atoms with Crippen molar-refractivity contribution < 1.29 is 28.7 Å². The summed E-state index contributed by atoms with van der Waals surface area (Å²) in [6.45, 7) is 0.181. The number of rotatable bonds is 10. The van der Waals surface area contributed by atoms with Gasteiger partial charge in [-0.05, 0) is 20.2 Å². The minimum Gasteiger partial charge on any atom is -0.496 e. The first-order valence-electron chi connectivity index (χ1n) is 9.35. The smallest absolute Gasteiger partial charge is 0.327 e. The monoisotopic (exact) mass is 433 g/mol. The van der Waals surface area contributed by atoms with Gasteiger partial charge in [0.2, 0.25) is 11.5 Å². The number of para-hydroxylation sites is 1. The van der Waals surface area contributed by atoms with Crippen LogP contribution in [0.1, 0.15) is 22.0 Å². The predicted molar refractivity (Wildman–Crippen MR) is 115 cm³/mol. The third-order valence-corrected chi connectivity index (χ3v) is 4.81. The second-order valence-corrected chi connectivity index (χ2v) is 6.73. The van der Waals surface area contributed by atoms with E-state index in [0.717, 1.165) is 5.56 Å². The Balaban J connectivity index is 2.43. The standard InChI is InChI=1S/C21H27N3O7/c1-23(2)15(13-9-7-8-10-16(13)28-3)12-22-21(25)14-11-17(29-4)19(30-5)20(31-6)18(14)24(26)27/h7-11,15H,12H2,1-6H3,(H,22,25). The molecule has 31 heavy (non-hydrogen) atoms. The number of nitro benzene ring substituents is 1. The fourth-order valence-electron chi connectivity index (χ4n) is 3.29. The van der Waals surface area contributed by atoms with Gasteiger partial charge in [0.25, 0.3) is 5.91 Å². The number of methoxy groups -OCH3 is 4. The van der Waals surface area contributed by atoms with Crippen molar-refractivity contribution in [1.29, 1.82) is 0 Å². The van der Waals surface area contributed by atoms with E-state index < -0.39 is 16.5 Å². The number of hydrogen-bond donors (Lipinski definition) is 1. The Labute approximate surface area is 180 Å². The summed E-state index contributed by atoms with van der Waals surface area (Å²) in [5.74, 6) is 0.0187. The lowest BCUT2D eigenvalue weighted by Gasteiger charge is -2.26. The van der Waals surface area contributed by atoms with E-state index in [0.29, 0.717) is 5.75 Å². The molecular weight excluding hydrogens is 406 g/mol. The second-order valence-electron chi connectivity index (χ2n) is 6.73. The molecule has 0 saturated heterocycles. The van der Waals surface area contributed by atoms with Crippen molar-refractivity contribution in [2.75, 3.05) is 49.1 Å². The van der Waals surface area contributed by atoms with E-state index in [1.54, 1.807) is 7.11 Å². The van der Waals surface area contributed by atoms with Gasteiger partial charge in [-0.1, -0.05) is 18.2 Å². The second kappa shape index (κ2) is 10.5. The van der Waals surface area contributed by atoms with E-state index in [1.165, 1.54) is 27.4 Å². The highest BCUT2D eigenvalue weighted by atomic mass is 16.6. The number of carbonyl (C=O) groups excluding carboxylic acids is 1. The lowest BCUT2D eigenvalue weighted by molar-refractivity contribution is -0.386. The van der Waals surface area contributed by atoms with Crippen LogP contribution < -0.4 is 24.3 Å². The quantitative estimate of drug-likeness (QED) is 0.450. The van der Waals surface area contributed by atoms with Crippen LogP contribution in [0.15, 0.2) is 30.3 Å². The minimum atomic E-state index is -0.681. The molecule has 0 radical (unpaired) electrons. The average Bonchev–Trinajstić information content (AvgIpc) is 2.77. The third kappa shape index (κ3) is 4.97. The SMILES string of the molecule is COc1ccccc1C(CNC(=O)c1cc(OC)c(OC)c(OC)c1[N+](=O)[O-])N(C)C. The van der Waals surface area contributed by atoms with Gasteiger partial charge in [-0.15, -0.1) is 0 Å². The molecular formula is C21H27N3O7. The van der Waals surface area contributed by atoms with Crippen LogP contribution in [-0.4, -0.2) is 64.8 Å². The van der Waals surface area contributed by atoms with Crippen molar-refractivity contribution in [2.45, 2.75) is 6.04 Å². The normalized spacial score (nSPS) is 11.6. The third-order valence-electron chi connectivity index (χ3n) is 4.81. The first-order chi connectivity index (χ1) is 14.8. The molecule has 0 aliphatic heterocycles. The Morgan fingerprint density at radius 3 is 2.16 bits per heavy atom. The highest BCUT2D eigenvalue weighted by Gasteiger charge is 2.33. The summed E-state index contributed by atoms with van der Waals surface area (Å²) in [5, 5.41) is 14.5. The van der Waals surface area contributed by atoms with E-state index >= 15 is 0 Å². The molecule has 0 aliphatic carbocycles. The molecule has 1 amide bonds. The van der Waals surface area contributed by atoms with E-state index in [2.05, 4.69) is 5.32 Å². The van der Waals surface area contributed by atoms with E-state index in [9.17, 15) is 14.9 Å². The van der Waals surface area contributed by atoms with Crippen LogP contribution in [0.25, 0.3) is 0 Å². The van der Waals surface area contributed by atoms with Gasteiger partial charge in [0.15, 0.2) is 5.75 Å². The number of benzene rings is 2. The molecule has 10 nitrogen and oxygen atoms in total. The molecule has 1 N–H and O–H groups in total. The first-order valence-corrected chi connectivity index (χ1v) is 9.35. The molecule has 2 aromatic carbocycles. The summed E-state index contributed by atoms with van der Waals surface area (Å²) in [4.78, 5) is 26.0. The van der Waals surface area contributed by atoms with Crippen LogP contribution in [0.5, 0.6) is 23.0 Å². The van der Waals surface area contributed by atoms with Crippen molar-refractivity contribution in [3.63, 3.8) is 0 Å². The lowest BCUT2D eigenvalue weighted by Crippen LogP contribution is -2.35. The number of ether oxygens (including phenoxy) is 4. The van der Waals surface area contributed by atoms with Gasteiger partial charge in [0, 0.05) is 18.2 Å². The van der Waals surface area contributed by atoms with Crippen LogP contribution in [0.3, 0.4) is 0 Å². The molecule has 0 aliphatic rings. The van der Waals surface area contributed by atoms with Crippen LogP contribution in [-0.2, 0) is 0 Å². The van der Waals surface area contributed by atoms with Gasteiger partial charge in [-0.25, -0.2) is 0 Å². The van der Waals surface area contributed by atoms with Gasteiger partial charge < -0.3 is 29.2 Å². The number of likely N-dealkylation sites (N-methyl/N-ethyl adjacent to an activating group) is 1. The molecule has 2 rings (SSSR count). The number of carbonyl (C=O) groups is 1. The number of hydrogen-bond acceptors (Lipinski definition) is 8. The highest BCUT2D eigenvalue weighted by molar-refractivity contribution is 6.00. The summed E-state index contributed by atoms with van der Waals surface area (Å²) in [6.07, 6.45) is 0. The Morgan fingerprint density at radius 1 is 1.03 bits per heavy atom. The van der Waals surface area contributed by atoms with Crippen molar-refractivity contribution in [2.24, 2.45) is 0 Å².